The van der Waals surface area contributed by atoms with Gasteiger partial charge in [-0.3, -0.25) is 9.78 Å². The molecule has 7 heteroatoms. The molecule has 2 aromatic rings. The van der Waals surface area contributed by atoms with Crippen molar-refractivity contribution in [2.75, 3.05) is 5.32 Å². The van der Waals surface area contributed by atoms with Crippen LogP contribution in [0.15, 0.2) is 47.5 Å². The Morgan fingerprint density at radius 1 is 1.24 bits per heavy atom. The summed E-state index contributed by atoms with van der Waals surface area (Å²) in [4.78, 5) is 16.0. The van der Waals surface area contributed by atoms with Crippen LogP contribution in [0.2, 0.25) is 0 Å². The summed E-state index contributed by atoms with van der Waals surface area (Å²) in [6, 6.07) is 9.86. The summed E-state index contributed by atoms with van der Waals surface area (Å²) in [5.41, 5.74) is 1.46. The van der Waals surface area contributed by atoms with Gasteiger partial charge in [-0.05, 0) is 36.8 Å². The third kappa shape index (κ3) is 3.87. The molecule has 0 saturated carbocycles. The van der Waals surface area contributed by atoms with Crippen molar-refractivity contribution in [2.24, 2.45) is 5.14 Å². The minimum atomic E-state index is -3.81. The lowest BCUT2D eigenvalue weighted by atomic mass is 10.2. The third-order valence-electron chi connectivity index (χ3n) is 2.93. The Morgan fingerprint density at radius 3 is 2.62 bits per heavy atom. The molecule has 0 aliphatic carbocycles. The number of anilines is 1. The van der Waals surface area contributed by atoms with Crippen LogP contribution >= 0.6 is 0 Å². The summed E-state index contributed by atoms with van der Waals surface area (Å²) in [5, 5.41) is 7.80. The van der Waals surface area contributed by atoms with Crippen molar-refractivity contribution in [3.63, 3.8) is 0 Å². The van der Waals surface area contributed by atoms with Gasteiger partial charge in [0.05, 0.1) is 11.3 Å². The topological polar surface area (TPSA) is 102 Å². The first-order valence-electron chi connectivity index (χ1n) is 6.20. The maximum atomic E-state index is 12.0. The number of sulfonamides is 1. The molecule has 110 valence electrons. The average molecular weight is 305 g/mol. The van der Waals surface area contributed by atoms with Crippen LogP contribution < -0.4 is 10.5 Å². The molecule has 0 aliphatic rings. The molecule has 0 fully saturated rings. The molecule has 0 bridgehead atoms. The second-order valence-electron chi connectivity index (χ2n) is 4.52. The standard InChI is InChI=1S/C14H15N3O3S/c1-10-12(6-4-7-13(10)21(15,19)20)17-14(18)9-11-5-2-3-8-16-11/h2-8H,9H2,1H3,(H,17,18)(H2,15,19,20). The molecule has 0 saturated heterocycles. The van der Waals surface area contributed by atoms with E-state index in [2.05, 4.69) is 10.3 Å². The molecule has 1 heterocycles. The fraction of sp³-hybridized carbons (Fsp3) is 0.143. The highest BCUT2D eigenvalue weighted by Gasteiger charge is 2.15. The largest absolute Gasteiger partial charge is 0.325 e. The molecule has 21 heavy (non-hydrogen) atoms. The summed E-state index contributed by atoms with van der Waals surface area (Å²) in [5.74, 6) is -0.275. The Balaban J connectivity index is 2.19. The van der Waals surface area contributed by atoms with E-state index >= 15 is 0 Å². The molecule has 1 amide bonds. The van der Waals surface area contributed by atoms with E-state index in [1.165, 1.54) is 12.1 Å². The van der Waals surface area contributed by atoms with Gasteiger partial charge in [0.15, 0.2) is 0 Å². The van der Waals surface area contributed by atoms with Gasteiger partial charge in [0, 0.05) is 17.6 Å². The van der Waals surface area contributed by atoms with E-state index in [0.29, 0.717) is 16.9 Å². The lowest BCUT2D eigenvalue weighted by Gasteiger charge is -2.11. The fourth-order valence-electron chi connectivity index (χ4n) is 1.92. The van der Waals surface area contributed by atoms with Crippen molar-refractivity contribution in [3.8, 4) is 0 Å². The van der Waals surface area contributed by atoms with Gasteiger partial charge in [-0.15, -0.1) is 0 Å². The minimum Gasteiger partial charge on any atom is -0.325 e. The predicted molar refractivity (Wildman–Crippen MR) is 79.1 cm³/mol. The Labute approximate surface area is 123 Å². The number of aromatic nitrogens is 1. The highest BCUT2D eigenvalue weighted by Crippen LogP contribution is 2.22. The monoisotopic (exact) mass is 305 g/mol. The van der Waals surface area contributed by atoms with E-state index in [1.54, 1.807) is 37.4 Å². The van der Waals surface area contributed by atoms with E-state index in [-0.39, 0.29) is 17.2 Å². The number of nitrogens with one attached hydrogen (secondary N) is 1. The molecule has 1 aromatic carbocycles. The van der Waals surface area contributed by atoms with E-state index in [9.17, 15) is 13.2 Å². The Bertz CT molecular complexity index is 758. The van der Waals surface area contributed by atoms with Crippen LogP contribution in [0.25, 0.3) is 0 Å². The van der Waals surface area contributed by atoms with Gasteiger partial charge in [0.2, 0.25) is 15.9 Å². The van der Waals surface area contributed by atoms with Gasteiger partial charge >= 0.3 is 0 Å². The SMILES string of the molecule is Cc1c(NC(=O)Cc2ccccn2)cccc1S(N)(=O)=O. The van der Waals surface area contributed by atoms with Crippen molar-refractivity contribution in [1.82, 2.24) is 4.98 Å². The number of nitrogens with two attached hydrogens (primary N) is 1. The number of hydrogen-bond donors (Lipinski definition) is 2. The zero-order valence-corrected chi connectivity index (χ0v) is 12.2. The number of carbonyl (C=O) groups excluding carboxylic acids is 1. The molecule has 6 nitrogen and oxygen atoms in total. The second-order valence-corrected chi connectivity index (χ2v) is 6.05. The molecule has 2 rings (SSSR count). The van der Waals surface area contributed by atoms with E-state index in [4.69, 9.17) is 5.14 Å². The quantitative estimate of drug-likeness (QED) is 0.886. The highest BCUT2D eigenvalue weighted by molar-refractivity contribution is 7.89. The second kappa shape index (κ2) is 6.02. The summed E-state index contributed by atoms with van der Waals surface area (Å²) in [6.07, 6.45) is 1.72. The first-order valence-corrected chi connectivity index (χ1v) is 7.75. The number of hydrogen-bond acceptors (Lipinski definition) is 4. The van der Waals surface area contributed by atoms with Crippen LogP contribution in [-0.4, -0.2) is 19.3 Å². The predicted octanol–water partition coefficient (Wildman–Crippen LogP) is 1.22. The zero-order chi connectivity index (χ0) is 15.5. The van der Waals surface area contributed by atoms with Gasteiger partial charge in [-0.2, -0.15) is 0 Å². The van der Waals surface area contributed by atoms with Gasteiger partial charge in [-0.25, -0.2) is 13.6 Å². The molecule has 0 atom stereocenters. The lowest BCUT2D eigenvalue weighted by molar-refractivity contribution is -0.115. The number of amides is 1. The van der Waals surface area contributed by atoms with E-state index in [0.717, 1.165) is 0 Å². The fourth-order valence-corrected chi connectivity index (χ4v) is 2.72. The molecule has 0 aliphatic heterocycles. The smallest absolute Gasteiger partial charge is 0.238 e. The van der Waals surface area contributed by atoms with Gasteiger partial charge < -0.3 is 5.32 Å². The number of nitrogens with zero attached hydrogens (tertiary/aromatic N) is 1. The molecule has 0 spiro atoms. The third-order valence-corrected chi connectivity index (χ3v) is 3.99. The average Bonchev–Trinajstić information content (AvgIpc) is 2.41. The molecule has 3 N–H and O–H groups in total. The molecular formula is C14H15N3O3S. The summed E-state index contributed by atoms with van der Waals surface area (Å²) in [7, 11) is -3.81. The maximum absolute atomic E-state index is 12.0. The Morgan fingerprint density at radius 2 is 2.00 bits per heavy atom. The summed E-state index contributed by atoms with van der Waals surface area (Å²) >= 11 is 0. The van der Waals surface area contributed by atoms with Crippen LogP contribution in [0.4, 0.5) is 5.69 Å². The normalized spacial score (nSPS) is 11.1. The number of pyridine rings is 1. The number of carbonyl (C=O) groups is 1. The molecular weight excluding hydrogens is 290 g/mol. The van der Waals surface area contributed by atoms with Crippen LogP contribution in [-0.2, 0) is 21.2 Å². The van der Waals surface area contributed by atoms with Crippen molar-refractivity contribution >= 4 is 21.6 Å². The molecule has 0 radical (unpaired) electrons. The number of rotatable bonds is 4. The first kappa shape index (κ1) is 15.1. The van der Waals surface area contributed by atoms with Gasteiger partial charge in [0.1, 0.15) is 0 Å². The van der Waals surface area contributed by atoms with Crippen LogP contribution in [0, 0.1) is 6.92 Å². The van der Waals surface area contributed by atoms with Crippen molar-refractivity contribution in [3.05, 3.63) is 53.9 Å². The van der Waals surface area contributed by atoms with E-state index < -0.39 is 10.0 Å². The van der Waals surface area contributed by atoms with Crippen molar-refractivity contribution in [1.29, 1.82) is 0 Å². The summed E-state index contributed by atoms with van der Waals surface area (Å²) < 4.78 is 22.9. The number of primary sulfonamides is 1. The van der Waals surface area contributed by atoms with Gasteiger partial charge in [0.25, 0.3) is 0 Å². The summed E-state index contributed by atoms with van der Waals surface area (Å²) in [6.45, 7) is 1.59. The lowest BCUT2D eigenvalue weighted by Crippen LogP contribution is -2.18. The van der Waals surface area contributed by atoms with Crippen molar-refractivity contribution < 1.29 is 13.2 Å². The minimum absolute atomic E-state index is 0.00173. The Hall–Kier alpha value is -2.25. The zero-order valence-electron chi connectivity index (χ0n) is 11.4. The van der Waals surface area contributed by atoms with Crippen LogP contribution in [0.5, 0.6) is 0 Å². The van der Waals surface area contributed by atoms with Gasteiger partial charge in [-0.1, -0.05) is 12.1 Å². The Kier molecular flexibility index (Phi) is 4.35. The maximum Gasteiger partial charge on any atom is 0.238 e. The van der Waals surface area contributed by atoms with Crippen LogP contribution in [0.3, 0.4) is 0 Å². The number of benzene rings is 1. The molecule has 0 unspecified atom stereocenters. The first-order chi connectivity index (χ1) is 9.88. The van der Waals surface area contributed by atoms with Crippen LogP contribution in [0.1, 0.15) is 11.3 Å². The molecule has 1 aromatic heterocycles. The van der Waals surface area contributed by atoms with Crippen molar-refractivity contribution in [2.45, 2.75) is 18.2 Å². The van der Waals surface area contributed by atoms with E-state index in [1.807, 2.05) is 0 Å². The highest BCUT2D eigenvalue weighted by atomic mass is 32.2.